The molecule has 0 aromatic heterocycles. The Morgan fingerprint density at radius 1 is 1.29 bits per heavy atom. The van der Waals surface area contributed by atoms with Crippen LogP contribution in [-0.2, 0) is 6.42 Å². The first kappa shape index (κ1) is 11.4. The number of halogens is 3. The number of alkyl halides is 1. The van der Waals surface area contributed by atoms with E-state index in [1.165, 1.54) is 18.2 Å². The van der Waals surface area contributed by atoms with Crippen molar-refractivity contribution in [3.63, 3.8) is 0 Å². The molecule has 0 spiro atoms. The molecule has 0 amide bonds. The quantitative estimate of drug-likeness (QED) is 0.675. The highest BCUT2D eigenvalue weighted by atomic mass is 35.5. The largest absolute Gasteiger partial charge is 0.207 e. The van der Waals surface area contributed by atoms with Crippen molar-refractivity contribution in [2.45, 2.75) is 19.8 Å². The zero-order valence-corrected chi connectivity index (χ0v) is 8.82. The summed E-state index contributed by atoms with van der Waals surface area (Å²) >= 11 is 5.61. The van der Waals surface area contributed by atoms with Crippen LogP contribution in [0, 0.1) is 17.6 Å². The van der Waals surface area contributed by atoms with Gasteiger partial charge < -0.3 is 0 Å². The summed E-state index contributed by atoms with van der Waals surface area (Å²) in [5.74, 6) is -0.120. The topological polar surface area (TPSA) is 0 Å². The summed E-state index contributed by atoms with van der Waals surface area (Å²) in [6.45, 7) is 1.96. The SMILES string of the molecule is CC(CCl)CCc1c(F)cccc1F. The molecule has 14 heavy (non-hydrogen) atoms. The summed E-state index contributed by atoms with van der Waals surface area (Å²) in [7, 11) is 0. The van der Waals surface area contributed by atoms with E-state index in [0.717, 1.165) is 0 Å². The van der Waals surface area contributed by atoms with E-state index in [4.69, 9.17) is 11.6 Å². The molecule has 0 nitrogen and oxygen atoms in total. The molecule has 0 heterocycles. The highest BCUT2D eigenvalue weighted by Crippen LogP contribution is 2.17. The Balaban J connectivity index is 2.66. The molecule has 0 saturated carbocycles. The second-order valence-corrected chi connectivity index (χ2v) is 3.81. The lowest BCUT2D eigenvalue weighted by molar-refractivity contribution is 0.524. The van der Waals surface area contributed by atoms with Crippen LogP contribution in [0.2, 0.25) is 0 Å². The van der Waals surface area contributed by atoms with Crippen LogP contribution >= 0.6 is 11.6 Å². The van der Waals surface area contributed by atoms with Gasteiger partial charge in [0.2, 0.25) is 0 Å². The van der Waals surface area contributed by atoms with Crippen LogP contribution in [-0.4, -0.2) is 5.88 Å². The first-order chi connectivity index (χ1) is 6.65. The molecule has 1 unspecified atom stereocenters. The first-order valence-corrected chi connectivity index (χ1v) is 5.17. The normalized spacial score (nSPS) is 12.9. The summed E-state index contributed by atoms with van der Waals surface area (Å²) in [6, 6.07) is 3.94. The highest BCUT2D eigenvalue weighted by Gasteiger charge is 2.09. The lowest BCUT2D eigenvalue weighted by Gasteiger charge is -2.08. The summed E-state index contributed by atoms with van der Waals surface area (Å²) in [6.07, 6.45) is 1.12. The van der Waals surface area contributed by atoms with Crippen molar-refractivity contribution in [3.8, 4) is 0 Å². The van der Waals surface area contributed by atoms with Crippen LogP contribution in [0.25, 0.3) is 0 Å². The van der Waals surface area contributed by atoms with E-state index in [0.29, 0.717) is 18.7 Å². The predicted octanol–water partition coefficient (Wildman–Crippen LogP) is 3.77. The Hall–Kier alpha value is -0.630. The minimum absolute atomic E-state index is 0.171. The van der Waals surface area contributed by atoms with Crippen molar-refractivity contribution in [1.29, 1.82) is 0 Å². The zero-order valence-electron chi connectivity index (χ0n) is 8.06. The van der Waals surface area contributed by atoms with Crippen molar-refractivity contribution in [3.05, 3.63) is 35.4 Å². The number of rotatable bonds is 4. The Morgan fingerprint density at radius 3 is 2.36 bits per heavy atom. The Morgan fingerprint density at radius 2 is 1.86 bits per heavy atom. The molecule has 0 aliphatic rings. The van der Waals surface area contributed by atoms with Crippen LogP contribution in [0.3, 0.4) is 0 Å². The second kappa shape index (κ2) is 5.30. The van der Waals surface area contributed by atoms with E-state index >= 15 is 0 Å². The van der Waals surface area contributed by atoms with Gasteiger partial charge in [0.05, 0.1) is 0 Å². The van der Waals surface area contributed by atoms with Gasteiger partial charge in [-0.25, -0.2) is 8.78 Å². The molecule has 3 heteroatoms. The minimum atomic E-state index is -0.466. The van der Waals surface area contributed by atoms with Gasteiger partial charge in [-0.3, -0.25) is 0 Å². The van der Waals surface area contributed by atoms with Crippen LogP contribution in [0.4, 0.5) is 8.78 Å². The monoisotopic (exact) mass is 218 g/mol. The third-order valence-electron chi connectivity index (χ3n) is 2.21. The summed E-state index contributed by atoms with van der Waals surface area (Å²) < 4.78 is 26.3. The standard InChI is InChI=1S/C11H13ClF2/c1-8(7-12)5-6-9-10(13)3-2-4-11(9)14/h2-4,8H,5-7H2,1H3. The molecule has 0 bridgehead atoms. The van der Waals surface area contributed by atoms with E-state index in [1.807, 2.05) is 6.92 Å². The van der Waals surface area contributed by atoms with E-state index in [1.54, 1.807) is 0 Å². The average molecular weight is 219 g/mol. The third kappa shape index (κ3) is 2.95. The molecule has 1 aromatic carbocycles. The van der Waals surface area contributed by atoms with Gasteiger partial charge in [-0.1, -0.05) is 13.0 Å². The summed E-state index contributed by atoms with van der Waals surface area (Å²) in [4.78, 5) is 0. The highest BCUT2D eigenvalue weighted by molar-refractivity contribution is 6.18. The van der Waals surface area contributed by atoms with E-state index < -0.39 is 11.6 Å². The smallest absolute Gasteiger partial charge is 0.129 e. The Bertz CT molecular complexity index is 279. The lowest BCUT2D eigenvalue weighted by atomic mass is 10.0. The van der Waals surface area contributed by atoms with Crippen molar-refractivity contribution in [2.24, 2.45) is 5.92 Å². The molecular weight excluding hydrogens is 206 g/mol. The van der Waals surface area contributed by atoms with Crippen molar-refractivity contribution in [2.75, 3.05) is 5.88 Å². The second-order valence-electron chi connectivity index (χ2n) is 3.50. The van der Waals surface area contributed by atoms with Crippen LogP contribution in [0.5, 0.6) is 0 Å². The van der Waals surface area contributed by atoms with Gasteiger partial charge in [0.1, 0.15) is 11.6 Å². The van der Waals surface area contributed by atoms with Gasteiger partial charge >= 0.3 is 0 Å². The van der Waals surface area contributed by atoms with Gasteiger partial charge in [0, 0.05) is 11.4 Å². The van der Waals surface area contributed by atoms with Crippen LogP contribution in [0.15, 0.2) is 18.2 Å². The Kier molecular flexibility index (Phi) is 4.33. The molecule has 1 aromatic rings. The number of hydrogen-bond donors (Lipinski definition) is 0. The lowest BCUT2D eigenvalue weighted by Crippen LogP contribution is -2.02. The minimum Gasteiger partial charge on any atom is -0.207 e. The number of benzene rings is 1. The maximum atomic E-state index is 13.1. The molecule has 0 N–H and O–H groups in total. The van der Waals surface area contributed by atoms with E-state index in [9.17, 15) is 8.78 Å². The molecule has 78 valence electrons. The fraction of sp³-hybridized carbons (Fsp3) is 0.455. The maximum absolute atomic E-state index is 13.1. The Labute approximate surface area is 87.9 Å². The molecule has 0 fully saturated rings. The van der Waals surface area contributed by atoms with Gasteiger partial charge in [-0.05, 0) is 30.9 Å². The number of hydrogen-bond acceptors (Lipinski definition) is 0. The summed E-state index contributed by atoms with van der Waals surface area (Å²) in [5.41, 5.74) is 0.171. The van der Waals surface area contributed by atoms with Crippen molar-refractivity contribution < 1.29 is 8.78 Å². The predicted molar refractivity (Wildman–Crippen MR) is 54.6 cm³/mol. The average Bonchev–Trinajstić information content (AvgIpc) is 2.16. The zero-order chi connectivity index (χ0) is 10.6. The van der Waals surface area contributed by atoms with Crippen LogP contribution in [0.1, 0.15) is 18.9 Å². The first-order valence-electron chi connectivity index (χ1n) is 4.64. The summed E-state index contributed by atoms with van der Waals surface area (Å²) in [5, 5.41) is 0. The van der Waals surface area contributed by atoms with Crippen LogP contribution < -0.4 is 0 Å². The van der Waals surface area contributed by atoms with Gasteiger partial charge in [0.25, 0.3) is 0 Å². The molecule has 0 aliphatic carbocycles. The molecule has 0 radical (unpaired) electrons. The fourth-order valence-corrected chi connectivity index (χ4v) is 1.39. The molecule has 0 aliphatic heterocycles. The molecular formula is C11H13ClF2. The van der Waals surface area contributed by atoms with E-state index in [-0.39, 0.29) is 11.5 Å². The molecule has 1 atom stereocenters. The van der Waals surface area contributed by atoms with Crippen molar-refractivity contribution >= 4 is 11.6 Å². The van der Waals surface area contributed by atoms with Gasteiger partial charge in [-0.2, -0.15) is 0 Å². The molecule has 1 rings (SSSR count). The van der Waals surface area contributed by atoms with Gasteiger partial charge in [0.15, 0.2) is 0 Å². The van der Waals surface area contributed by atoms with E-state index in [2.05, 4.69) is 0 Å². The maximum Gasteiger partial charge on any atom is 0.129 e. The van der Waals surface area contributed by atoms with Gasteiger partial charge in [-0.15, -0.1) is 11.6 Å². The third-order valence-corrected chi connectivity index (χ3v) is 2.74. The van der Waals surface area contributed by atoms with Crippen molar-refractivity contribution in [1.82, 2.24) is 0 Å². The fourth-order valence-electron chi connectivity index (χ4n) is 1.24. The molecule has 0 saturated heterocycles.